The minimum absolute atomic E-state index is 0.218. The van der Waals surface area contributed by atoms with Crippen LogP contribution in [0.15, 0.2) is 0 Å². The summed E-state index contributed by atoms with van der Waals surface area (Å²) in [5, 5.41) is 9.19. The number of carbonyl (C=O) groups is 1. The van der Waals surface area contributed by atoms with Crippen LogP contribution < -0.4 is 0 Å². The molecule has 1 unspecified atom stereocenters. The number of amides is 1. The van der Waals surface area contributed by atoms with E-state index in [9.17, 15) is 9.90 Å². The van der Waals surface area contributed by atoms with Crippen LogP contribution in [0.2, 0.25) is 0 Å². The third-order valence-corrected chi connectivity index (χ3v) is 4.95. The number of nitrogens with zero attached hydrogens (tertiary/aromatic N) is 2. The zero-order chi connectivity index (χ0) is 16.0. The van der Waals surface area contributed by atoms with Crippen LogP contribution in [0.3, 0.4) is 0 Å². The van der Waals surface area contributed by atoms with Crippen molar-refractivity contribution < 1.29 is 9.90 Å². The maximum absolute atomic E-state index is 12.4. The molecule has 4 nitrogen and oxygen atoms in total. The van der Waals surface area contributed by atoms with Crippen LogP contribution in [-0.4, -0.2) is 60.1 Å². The van der Waals surface area contributed by atoms with Crippen molar-refractivity contribution in [2.45, 2.75) is 65.0 Å². The molecule has 0 aromatic rings. The van der Waals surface area contributed by atoms with Crippen molar-refractivity contribution >= 4 is 5.91 Å². The highest BCUT2D eigenvalue weighted by Gasteiger charge is 2.26. The smallest absolute Gasteiger partial charge is 0.236 e. The van der Waals surface area contributed by atoms with Gasteiger partial charge in [-0.15, -0.1) is 0 Å². The fourth-order valence-corrected chi connectivity index (χ4v) is 3.31. The van der Waals surface area contributed by atoms with Gasteiger partial charge in [-0.1, -0.05) is 13.8 Å². The monoisotopic (exact) mass is 298 g/mol. The Bertz CT molecular complexity index is 312. The van der Waals surface area contributed by atoms with Crippen LogP contribution in [0.4, 0.5) is 0 Å². The van der Waals surface area contributed by atoms with Gasteiger partial charge in [0.05, 0.1) is 6.54 Å². The third kappa shape index (κ3) is 5.95. The van der Waals surface area contributed by atoms with E-state index in [0.29, 0.717) is 37.1 Å². The molecular weight excluding hydrogens is 264 g/mol. The molecule has 0 bridgehead atoms. The molecule has 0 aliphatic heterocycles. The largest absolute Gasteiger partial charge is 0.396 e. The summed E-state index contributed by atoms with van der Waals surface area (Å²) in [4.78, 5) is 16.5. The molecule has 1 aliphatic carbocycles. The molecule has 0 saturated heterocycles. The van der Waals surface area contributed by atoms with Crippen molar-refractivity contribution in [3.8, 4) is 0 Å². The molecule has 1 aliphatic rings. The molecule has 1 saturated carbocycles. The Kier molecular flexibility index (Phi) is 7.67. The molecule has 0 aromatic heterocycles. The summed E-state index contributed by atoms with van der Waals surface area (Å²) in [6.45, 7) is 7.34. The Labute approximate surface area is 130 Å². The minimum Gasteiger partial charge on any atom is -0.396 e. The Hall–Kier alpha value is -0.610. The normalized spacial score (nSPS) is 24.4. The highest BCUT2D eigenvalue weighted by molar-refractivity contribution is 5.78. The molecule has 1 amide bonds. The van der Waals surface area contributed by atoms with E-state index in [1.165, 1.54) is 0 Å². The number of likely N-dealkylation sites (N-methyl/N-ethyl adjacent to an activating group) is 2. The highest BCUT2D eigenvalue weighted by atomic mass is 16.3. The topological polar surface area (TPSA) is 43.8 Å². The van der Waals surface area contributed by atoms with Crippen LogP contribution in [0, 0.1) is 11.8 Å². The van der Waals surface area contributed by atoms with Gasteiger partial charge in [0.15, 0.2) is 0 Å². The number of aliphatic hydroxyl groups is 1. The second-order valence-electron chi connectivity index (χ2n) is 7.26. The maximum Gasteiger partial charge on any atom is 0.236 e. The summed E-state index contributed by atoms with van der Waals surface area (Å²) < 4.78 is 0. The first kappa shape index (κ1) is 18.4. The molecule has 0 radical (unpaired) electrons. The van der Waals surface area contributed by atoms with Crippen molar-refractivity contribution in [2.75, 3.05) is 27.2 Å². The summed E-state index contributed by atoms with van der Waals surface area (Å²) in [6, 6.07) is 0.793. The molecular formula is C17H34N2O2. The first-order chi connectivity index (χ1) is 9.85. The zero-order valence-electron chi connectivity index (χ0n) is 14.5. The lowest BCUT2D eigenvalue weighted by Crippen LogP contribution is -2.45. The first-order valence-electron chi connectivity index (χ1n) is 8.41. The van der Waals surface area contributed by atoms with Crippen molar-refractivity contribution in [3.63, 3.8) is 0 Å². The average molecular weight is 298 g/mol. The number of hydrogen-bond acceptors (Lipinski definition) is 3. The van der Waals surface area contributed by atoms with E-state index < -0.39 is 0 Å². The fraction of sp³-hybridized carbons (Fsp3) is 0.941. The van der Waals surface area contributed by atoms with Crippen LogP contribution in [0.5, 0.6) is 0 Å². The second kappa shape index (κ2) is 8.74. The van der Waals surface area contributed by atoms with Gasteiger partial charge < -0.3 is 10.0 Å². The molecule has 1 fully saturated rings. The number of aliphatic hydroxyl groups excluding tert-OH is 1. The number of rotatable bonds is 7. The van der Waals surface area contributed by atoms with E-state index in [2.05, 4.69) is 32.7 Å². The summed E-state index contributed by atoms with van der Waals surface area (Å²) in [6.07, 6.45) is 5.41. The predicted octanol–water partition coefficient (Wildman–Crippen LogP) is 2.36. The SMILES string of the molecule is CC(C)CC(C)N(C)C(=O)CN(C)C1CCC(CO)CC1. The molecule has 1 rings (SSSR count). The van der Waals surface area contributed by atoms with Gasteiger partial charge in [-0.3, -0.25) is 9.69 Å². The molecule has 4 heteroatoms. The summed E-state index contributed by atoms with van der Waals surface area (Å²) in [5.74, 6) is 1.30. The minimum atomic E-state index is 0.218. The lowest BCUT2D eigenvalue weighted by molar-refractivity contribution is -0.133. The fourth-order valence-electron chi connectivity index (χ4n) is 3.31. The Balaban J connectivity index is 2.39. The van der Waals surface area contributed by atoms with Gasteiger partial charge in [-0.25, -0.2) is 0 Å². The van der Waals surface area contributed by atoms with Gasteiger partial charge in [-0.05, 0) is 57.9 Å². The van der Waals surface area contributed by atoms with Gasteiger partial charge in [0, 0.05) is 25.7 Å². The lowest BCUT2D eigenvalue weighted by Gasteiger charge is -2.35. The highest BCUT2D eigenvalue weighted by Crippen LogP contribution is 2.26. The van der Waals surface area contributed by atoms with Crippen molar-refractivity contribution in [1.29, 1.82) is 0 Å². The van der Waals surface area contributed by atoms with E-state index in [1.54, 1.807) is 0 Å². The average Bonchev–Trinajstić information content (AvgIpc) is 2.45. The van der Waals surface area contributed by atoms with Gasteiger partial charge in [0.1, 0.15) is 0 Å². The number of carbonyl (C=O) groups excluding carboxylic acids is 1. The van der Waals surface area contributed by atoms with E-state index in [1.807, 2.05) is 11.9 Å². The van der Waals surface area contributed by atoms with Crippen molar-refractivity contribution in [1.82, 2.24) is 9.80 Å². The van der Waals surface area contributed by atoms with E-state index in [0.717, 1.165) is 32.1 Å². The summed E-state index contributed by atoms with van der Waals surface area (Å²) in [5.41, 5.74) is 0. The van der Waals surface area contributed by atoms with E-state index >= 15 is 0 Å². The Morgan fingerprint density at radius 1 is 1.14 bits per heavy atom. The molecule has 21 heavy (non-hydrogen) atoms. The molecule has 1 N–H and O–H groups in total. The molecule has 0 aromatic carbocycles. The van der Waals surface area contributed by atoms with Crippen LogP contribution in [0.25, 0.3) is 0 Å². The third-order valence-electron chi connectivity index (χ3n) is 4.95. The maximum atomic E-state index is 12.4. The van der Waals surface area contributed by atoms with Gasteiger partial charge in [0.25, 0.3) is 0 Å². The van der Waals surface area contributed by atoms with Crippen molar-refractivity contribution in [3.05, 3.63) is 0 Å². The van der Waals surface area contributed by atoms with Crippen LogP contribution in [-0.2, 0) is 4.79 Å². The van der Waals surface area contributed by atoms with Crippen LogP contribution in [0.1, 0.15) is 52.9 Å². The Morgan fingerprint density at radius 2 is 1.71 bits per heavy atom. The lowest BCUT2D eigenvalue weighted by atomic mass is 9.86. The summed E-state index contributed by atoms with van der Waals surface area (Å²) >= 11 is 0. The standard InChI is InChI=1S/C17H34N2O2/c1-13(2)10-14(3)19(5)17(21)11-18(4)16-8-6-15(12-20)7-9-16/h13-16,20H,6-12H2,1-5H3. The van der Waals surface area contributed by atoms with E-state index in [4.69, 9.17) is 0 Å². The van der Waals surface area contributed by atoms with E-state index in [-0.39, 0.29) is 5.91 Å². The predicted molar refractivity (Wildman–Crippen MR) is 87.1 cm³/mol. The number of hydrogen-bond donors (Lipinski definition) is 1. The zero-order valence-corrected chi connectivity index (χ0v) is 14.5. The quantitative estimate of drug-likeness (QED) is 0.785. The molecule has 124 valence electrons. The van der Waals surface area contributed by atoms with Crippen LogP contribution >= 0.6 is 0 Å². The molecule has 1 atom stereocenters. The van der Waals surface area contributed by atoms with Gasteiger partial charge in [-0.2, -0.15) is 0 Å². The van der Waals surface area contributed by atoms with Gasteiger partial charge in [0.2, 0.25) is 5.91 Å². The Morgan fingerprint density at radius 3 is 2.19 bits per heavy atom. The molecule has 0 spiro atoms. The van der Waals surface area contributed by atoms with Crippen molar-refractivity contribution in [2.24, 2.45) is 11.8 Å². The molecule has 0 heterocycles. The summed E-state index contributed by atoms with van der Waals surface area (Å²) in [7, 11) is 3.98. The second-order valence-corrected chi connectivity index (χ2v) is 7.26. The van der Waals surface area contributed by atoms with Gasteiger partial charge >= 0.3 is 0 Å². The first-order valence-corrected chi connectivity index (χ1v) is 8.41.